The smallest absolute Gasteiger partial charge is 0.393 e. The topological polar surface area (TPSA) is 61.3 Å². The Labute approximate surface area is 63.4 Å². The van der Waals surface area contributed by atoms with Crippen LogP contribution in [0.1, 0.15) is 5.69 Å². The van der Waals surface area contributed by atoms with Gasteiger partial charge < -0.3 is 5.11 Å². The fourth-order valence-corrected chi connectivity index (χ4v) is 0.635. The number of rotatable bonds is 1. The lowest BCUT2D eigenvalue weighted by atomic mass is 10.3. The van der Waals surface area contributed by atoms with Gasteiger partial charge >= 0.3 is 6.20 Å². The van der Waals surface area contributed by atoms with Crippen LogP contribution < -0.4 is 0 Å². The first kappa shape index (κ1) is 7.22. The minimum atomic E-state index is -0.159. The fourth-order valence-electron chi connectivity index (χ4n) is 0.635. The second kappa shape index (κ2) is 3.32. The molecule has 0 bridgehead atoms. The number of aliphatic hydroxyl groups excluding tert-OH is 1. The Morgan fingerprint density at radius 3 is 3.00 bits per heavy atom. The van der Waals surface area contributed by atoms with Gasteiger partial charge in [0.05, 0.1) is 0 Å². The van der Waals surface area contributed by atoms with Crippen LogP contribution in [0.5, 0.6) is 0 Å². The number of aliphatic hydroxyl groups is 1. The lowest BCUT2D eigenvalue weighted by Crippen LogP contribution is -1.84. The van der Waals surface area contributed by atoms with Crippen molar-refractivity contribution in [2.45, 2.75) is 0 Å². The van der Waals surface area contributed by atoms with E-state index in [4.69, 9.17) is 10.5 Å². The SMILES string of the molecule is N#[N+]/C=C(\O)c1ccccn1. The highest BCUT2D eigenvalue weighted by molar-refractivity contribution is 5.54. The highest BCUT2D eigenvalue weighted by Crippen LogP contribution is 2.05. The second-order valence-electron chi connectivity index (χ2n) is 1.84. The van der Waals surface area contributed by atoms with Gasteiger partial charge in [-0.2, -0.15) is 0 Å². The van der Waals surface area contributed by atoms with Gasteiger partial charge in [-0.25, -0.2) is 0 Å². The third-order valence-electron chi connectivity index (χ3n) is 1.11. The fraction of sp³-hybridized carbons (Fsp3) is 0. The molecule has 11 heavy (non-hydrogen) atoms. The molecule has 1 aromatic rings. The highest BCUT2D eigenvalue weighted by Gasteiger charge is 2.02. The molecule has 0 saturated heterocycles. The maximum atomic E-state index is 9.07. The minimum absolute atomic E-state index is 0.159. The van der Waals surface area contributed by atoms with Gasteiger partial charge in [-0.15, -0.1) is 0 Å². The van der Waals surface area contributed by atoms with Gasteiger partial charge in [-0.3, -0.25) is 4.98 Å². The zero-order chi connectivity index (χ0) is 8.10. The van der Waals surface area contributed by atoms with E-state index in [0.29, 0.717) is 5.69 Å². The van der Waals surface area contributed by atoms with E-state index >= 15 is 0 Å². The Balaban J connectivity index is 2.96. The molecule has 1 heterocycles. The summed E-state index contributed by atoms with van der Waals surface area (Å²) in [5.74, 6) is -0.159. The Morgan fingerprint density at radius 1 is 1.64 bits per heavy atom. The van der Waals surface area contributed by atoms with E-state index in [2.05, 4.69) is 9.96 Å². The first-order chi connectivity index (χ1) is 5.34. The number of diazo groups is 1. The van der Waals surface area contributed by atoms with E-state index in [1.165, 1.54) is 6.20 Å². The molecule has 1 rings (SSSR count). The summed E-state index contributed by atoms with van der Waals surface area (Å²) in [6, 6.07) is 5.06. The van der Waals surface area contributed by atoms with Crippen LogP contribution in [0.3, 0.4) is 0 Å². The molecule has 0 aliphatic rings. The van der Waals surface area contributed by atoms with E-state index in [1.54, 1.807) is 18.2 Å². The zero-order valence-electron chi connectivity index (χ0n) is 5.68. The van der Waals surface area contributed by atoms with Crippen LogP contribution in [0.4, 0.5) is 0 Å². The Morgan fingerprint density at radius 2 is 2.45 bits per heavy atom. The summed E-state index contributed by atoms with van der Waals surface area (Å²) in [6.07, 6.45) is 2.46. The van der Waals surface area contributed by atoms with Crippen molar-refractivity contribution in [3.63, 3.8) is 0 Å². The maximum absolute atomic E-state index is 9.07. The lowest BCUT2D eigenvalue weighted by Gasteiger charge is -1.90. The zero-order valence-corrected chi connectivity index (χ0v) is 5.68. The predicted molar refractivity (Wildman–Crippen MR) is 39.9 cm³/mol. The third-order valence-corrected chi connectivity index (χ3v) is 1.11. The minimum Gasteiger partial charge on any atom is -0.500 e. The average Bonchev–Trinajstić information content (AvgIpc) is 2.07. The largest absolute Gasteiger partial charge is 0.500 e. The number of pyridine rings is 1. The first-order valence-electron chi connectivity index (χ1n) is 2.99. The molecule has 0 unspecified atom stereocenters. The number of nitrogens with zero attached hydrogens (tertiary/aromatic N) is 3. The molecule has 4 nitrogen and oxygen atoms in total. The van der Waals surface area contributed by atoms with Gasteiger partial charge in [0.15, 0.2) is 4.98 Å². The molecule has 0 atom stereocenters. The van der Waals surface area contributed by atoms with E-state index in [9.17, 15) is 0 Å². The lowest BCUT2D eigenvalue weighted by molar-refractivity contribution is 0.508. The predicted octanol–water partition coefficient (Wildman–Crippen LogP) is 1.79. The Hall–Kier alpha value is -1.89. The number of aromatic nitrogens is 1. The third kappa shape index (κ3) is 1.76. The van der Waals surface area contributed by atoms with Crippen LogP contribution in [0, 0.1) is 5.39 Å². The van der Waals surface area contributed by atoms with Gasteiger partial charge in [0.25, 0.3) is 0 Å². The standard InChI is InChI=1S/C7H5N3O/c8-10-5-7(11)6-3-1-2-4-9-6/h1-5H/p+1/b7-5-. The molecule has 0 aliphatic carbocycles. The average molecular weight is 148 g/mol. The van der Waals surface area contributed by atoms with Crippen molar-refractivity contribution in [2.24, 2.45) is 0 Å². The summed E-state index contributed by atoms with van der Waals surface area (Å²) in [7, 11) is 0. The van der Waals surface area contributed by atoms with E-state index in [-0.39, 0.29) is 5.76 Å². The molecule has 0 fully saturated rings. The monoisotopic (exact) mass is 148 g/mol. The summed E-state index contributed by atoms with van der Waals surface area (Å²) < 4.78 is 0. The quantitative estimate of drug-likeness (QED) is 0.487. The molecule has 54 valence electrons. The molecular weight excluding hydrogens is 142 g/mol. The molecule has 0 spiro atoms. The highest BCUT2D eigenvalue weighted by atomic mass is 16.3. The van der Waals surface area contributed by atoms with Crippen LogP contribution in [0.25, 0.3) is 10.7 Å². The van der Waals surface area contributed by atoms with Crippen LogP contribution in [0.15, 0.2) is 30.6 Å². The summed E-state index contributed by atoms with van der Waals surface area (Å²) in [5.41, 5.74) is 0.380. The van der Waals surface area contributed by atoms with Crippen molar-refractivity contribution in [1.82, 2.24) is 4.98 Å². The van der Waals surface area contributed by atoms with Crippen LogP contribution >= 0.6 is 0 Å². The summed E-state index contributed by atoms with van der Waals surface area (Å²) in [6.45, 7) is 0. The van der Waals surface area contributed by atoms with E-state index in [1.807, 2.05) is 0 Å². The van der Waals surface area contributed by atoms with Gasteiger partial charge in [-0.1, -0.05) is 6.07 Å². The molecule has 0 amide bonds. The molecule has 0 saturated carbocycles. The Kier molecular flexibility index (Phi) is 2.18. The number of hydrogen-bond donors (Lipinski definition) is 1. The number of hydrogen-bond acceptors (Lipinski definition) is 3. The van der Waals surface area contributed by atoms with E-state index < -0.39 is 0 Å². The van der Waals surface area contributed by atoms with Crippen molar-refractivity contribution in [1.29, 1.82) is 5.39 Å². The first-order valence-corrected chi connectivity index (χ1v) is 2.99. The second-order valence-corrected chi connectivity index (χ2v) is 1.84. The van der Waals surface area contributed by atoms with Crippen molar-refractivity contribution >= 4 is 5.76 Å². The van der Waals surface area contributed by atoms with E-state index in [0.717, 1.165) is 6.20 Å². The van der Waals surface area contributed by atoms with Crippen molar-refractivity contribution in [3.05, 3.63) is 41.3 Å². The molecule has 1 N–H and O–H groups in total. The summed E-state index contributed by atoms with van der Waals surface area (Å²) in [4.78, 5) is 6.47. The molecule has 0 aliphatic heterocycles. The maximum Gasteiger partial charge on any atom is 0.393 e. The molecular formula is C7H6N3O+. The van der Waals surface area contributed by atoms with Gasteiger partial charge in [-0.05, 0) is 12.1 Å². The normalized spacial score (nSPS) is 10.6. The van der Waals surface area contributed by atoms with Crippen molar-refractivity contribution in [3.8, 4) is 0 Å². The summed E-state index contributed by atoms with van der Waals surface area (Å²) in [5, 5.41) is 17.1. The van der Waals surface area contributed by atoms with Crippen LogP contribution in [-0.4, -0.2) is 10.1 Å². The Bertz CT molecular complexity index is 299. The van der Waals surface area contributed by atoms with Gasteiger partial charge in [0, 0.05) is 6.20 Å². The van der Waals surface area contributed by atoms with Gasteiger partial charge in [0.2, 0.25) is 11.2 Å². The molecule has 4 heteroatoms. The van der Waals surface area contributed by atoms with Crippen molar-refractivity contribution in [2.75, 3.05) is 0 Å². The molecule has 0 aromatic carbocycles. The summed E-state index contributed by atoms with van der Waals surface area (Å²) >= 11 is 0. The van der Waals surface area contributed by atoms with Crippen LogP contribution in [-0.2, 0) is 0 Å². The molecule has 0 radical (unpaired) electrons. The van der Waals surface area contributed by atoms with Gasteiger partial charge in [0.1, 0.15) is 5.69 Å². The molecule has 1 aromatic heterocycles. The van der Waals surface area contributed by atoms with Crippen LogP contribution in [0.2, 0.25) is 0 Å². The van der Waals surface area contributed by atoms with Crippen molar-refractivity contribution < 1.29 is 5.11 Å².